The summed E-state index contributed by atoms with van der Waals surface area (Å²) in [6.45, 7) is 0.186. The molecule has 0 atom stereocenters. The molecule has 0 heterocycles. The zero-order valence-electron chi connectivity index (χ0n) is 11.2. The lowest BCUT2D eigenvalue weighted by Gasteiger charge is -2.18. The highest BCUT2D eigenvalue weighted by atomic mass is 19.1. The average molecular weight is 280 g/mol. The van der Waals surface area contributed by atoms with Crippen LogP contribution in [0.3, 0.4) is 0 Å². The van der Waals surface area contributed by atoms with E-state index >= 15 is 0 Å². The molecule has 20 heavy (non-hydrogen) atoms. The number of methoxy groups -OCH3 is 1. The number of hydrogen-bond acceptors (Lipinski definition) is 3. The summed E-state index contributed by atoms with van der Waals surface area (Å²) in [6, 6.07) is 6.01. The Kier molecular flexibility index (Phi) is 4.22. The normalized spacial score (nSPS) is 15.3. The van der Waals surface area contributed by atoms with E-state index in [1.807, 2.05) is 0 Å². The van der Waals surface area contributed by atoms with Gasteiger partial charge in [0, 0.05) is 12.1 Å². The molecule has 5 nitrogen and oxygen atoms in total. The Bertz CT molecular complexity index is 515. The lowest BCUT2D eigenvalue weighted by molar-refractivity contribution is -0.140. The van der Waals surface area contributed by atoms with Crippen LogP contribution in [0.4, 0.5) is 9.18 Å². The van der Waals surface area contributed by atoms with Crippen molar-refractivity contribution in [1.82, 2.24) is 10.6 Å². The quantitative estimate of drug-likeness (QED) is 0.806. The smallest absolute Gasteiger partial charge is 0.315 e. The first-order valence-electron chi connectivity index (χ1n) is 6.45. The van der Waals surface area contributed by atoms with E-state index in [2.05, 4.69) is 15.4 Å². The van der Waals surface area contributed by atoms with Gasteiger partial charge in [-0.25, -0.2) is 9.18 Å². The number of hydrogen-bond donors (Lipinski definition) is 2. The molecule has 1 aliphatic rings. The second-order valence-electron chi connectivity index (χ2n) is 4.77. The highest BCUT2D eigenvalue weighted by Gasteiger charge is 2.47. The molecular formula is C14H17FN2O3. The van der Waals surface area contributed by atoms with E-state index < -0.39 is 11.6 Å². The number of halogens is 1. The van der Waals surface area contributed by atoms with Crippen molar-refractivity contribution in [3.8, 4) is 0 Å². The van der Waals surface area contributed by atoms with Crippen LogP contribution in [-0.4, -0.2) is 25.7 Å². The molecule has 0 spiro atoms. The van der Waals surface area contributed by atoms with E-state index in [1.54, 1.807) is 18.2 Å². The largest absolute Gasteiger partial charge is 0.469 e. The summed E-state index contributed by atoms with van der Waals surface area (Å²) in [6.07, 6.45) is 1.52. The van der Waals surface area contributed by atoms with E-state index in [4.69, 9.17) is 0 Å². The molecule has 0 aliphatic heterocycles. The minimum atomic E-state index is -0.610. The number of urea groups is 1. The van der Waals surface area contributed by atoms with Crippen molar-refractivity contribution in [3.05, 3.63) is 35.6 Å². The molecule has 6 heteroatoms. The number of amides is 2. The Labute approximate surface area is 116 Å². The van der Waals surface area contributed by atoms with Crippen molar-refractivity contribution in [2.24, 2.45) is 0 Å². The number of ether oxygens (including phenoxy) is 1. The summed E-state index contributed by atoms with van der Waals surface area (Å²) in [7, 11) is 1.29. The molecule has 0 bridgehead atoms. The van der Waals surface area contributed by atoms with E-state index in [-0.39, 0.29) is 24.8 Å². The molecule has 2 rings (SSSR count). The number of nitrogens with one attached hydrogen (secondary N) is 2. The van der Waals surface area contributed by atoms with E-state index in [0.29, 0.717) is 18.4 Å². The van der Waals surface area contributed by atoms with Crippen molar-refractivity contribution in [2.75, 3.05) is 13.7 Å². The highest BCUT2D eigenvalue weighted by Crippen LogP contribution is 2.46. The van der Waals surface area contributed by atoms with Gasteiger partial charge < -0.3 is 15.4 Å². The molecule has 1 aromatic carbocycles. The van der Waals surface area contributed by atoms with Crippen molar-refractivity contribution in [3.63, 3.8) is 0 Å². The van der Waals surface area contributed by atoms with Crippen LogP contribution in [0.5, 0.6) is 0 Å². The Morgan fingerprint density at radius 2 is 2.05 bits per heavy atom. The Balaban J connectivity index is 1.88. The zero-order chi connectivity index (χ0) is 14.6. The van der Waals surface area contributed by atoms with Crippen LogP contribution in [0.1, 0.15) is 24.8 Å². The van der Waals surface area contributed by atoms with Crippen LogP contribution < -0.4 is 10.6 Å². The van der Waals surface area contributed by atoms with Crippen molar-refractivity contribution in [2.45, 2.75) is 24.8 Å². The average Bonchev–Trinajstić information content (AvgIpc) is 3.19. The second-order valence-corrected chi connectivity index (χ2v) is 4.77. The Morgan fingerprint density at radius 3 is 2.65 bits per heavy atom. The number of esters is 1. The lowest BCUT2D eigenvalue weighted by atomic mass is 10.0. The predicted octanol–water partition coefficient (Wildman–Crippen LogP) is 1.68. The summed E-state index contributed by atoms with van der Waals surface area (Å²) >= 11 is 0. The first-order chi connectivity index (χ1) is 9.57. The van der Waals surface area contributed by atoms with Crippen LogP contribution in [0.25, 0.3) is 0 Å². The highest BCUT2D eigenvalue weighted by molar-refractivity contribution is 5.76. The molecule has 0 saturated heterocycles. The van der Waals surface area contributed by atoms with Crippen molar-refractivity contribution >= 4 is 12.0 Å². The van der Waals surface area contributed by atoms with Gasteiger partial charge in [-0.1, -0.05) is 18.2 Å². The maximum absolute atomic E-state index is 13.7. The first kappa shape index (κ1) is 14.3. The number of benzene rings is 1. The van der Waals surface area contributed by atoms with Gasteiger partial charge >= 0.3 is 12.0 Å². The summed E-state index contributed by atoms with van der Waals surface area (Å²) in [5, 5.41) is 5.33. The topological polar surface area (TPSA) is 67.4 Å². The molecule has 1 saturated carbocycles. The van der Waals surface area contributed by atoms with E-state index in [9.17, 15) is 14.0 Å². The first-order valence-corrected chi connectivity index (χ1v) is 6.45. The predicted molar refractivity (Wildman–Crippen MR) is 70.5 cm³/mol. The number of rotatable bonds is 5. The molecule has 1 aromatic rings. The maximum Gasteiger partial charge on any atom is 0.315 e. The standard InChI is InChI=1S/C14H17FN2O3/c1-20-12(18)6-9-16-13(19)17-14(7-8-14)10-4-2-3-5-11(10)15/h2-5H,6-9H2,1H3,(H2,16,17,19). The molecule has 0 radical (unpaired) electrons. The summed E-state index contributed by atoms with van der Waals surface area (Å²) in [5.41, 5.74) is -0.108. The van der Waals surface area contributed by atoms with E-state index in [0.717, 1.165) is 0 Å². The Hall–Kier alpha value is -2.11. The summed E-state index contributed by atoms with van der Waals surface area (Å²) in [5.74, 6) is -0.708. The fraction of sp³-hybridized carbons (Fsp3) is 0.429. The molecule has 2 amide bonds. The molecule has 0 aromatic heterocycles. The maximum atomic E-state index is 13.7. The fourth-order valence-electron chi connectivity index (χ4n) is 2.08. The minimum Gasteiger partial charge on any atom is -0.469 e. The number of carbonyl (C=O) groups excluding carboxylic acids is 2. The van der Waals surface area contributed by atoms with Gasteiger partial charge in [0.2, 0.25) is 0 Å². The van der Waals surface area contributed by atoms with Crippen LogP contribution in [-0.2, 0) is 15.1 Å². The molecular weight excluding hydrogens is 263 g/mol. The Morgan fingerprint density at radius 1 is 1.35 bits per heavy atom. The molecule has 108 valence electrons. The van der Waals surface area contributed by atoms with Crippen LogP contribution >= 0.6 is 0 Å². The molecule has 0 unspecified atom stereocenters. The van der Waals surface area contributed by atoms with Gasteiger partial charge in [-0.3, -0.25) is 4.79 Å². The van der Waals surface area contributed by atoms with E-state index in [1.165, 1.54) is 13.2 Å². The van der Waals surface area contributed by atoms with Crippen LogP contribution in [0.2, 0.25) is 0 Å². The van der Waals surface area contributed by atoms with Gasteiger partial charge in [-0.2, -0.15) is 0 Å². The zero-order valence-corrected chi connectivity index (χ0v) is 11.2. The number of carbonyl (C=O) groups is 2. The van der Waals surface area contributed by atoms with Gasteiger partial charge in [0.15, 0.2) is 0 Å². The van der Waals surface area contributed by atoms with Gasteiger partial charge in [0.05, 0.1) is 19.1 Å². The van der Waals surface area contributed by atoms with Crippen molar-refractivity contribution in [1.29, 1.82) is 0 Å². The third-order valence-corrected chi connectivity index (χ3v) is 3.33. The minimum absolute atomic E-state index is 0.108. The van der Waals surface area contributed by atoms with Gasteiger partial charge in [0.25, 0.3) is 0 Å². The fourth-order valence-corrected chi connectivity index (χ4v) is 2.08. The monoisotopic (exact) mass is 280 g/mol. The second kappa shape index (κ2) is 5.90. The van der Waals surface area contributed by atoms with Crippen LogP contribution in [0.15, 0.2) is 24.3 Å². The molecule has 2 N–H and O–H groups in total. The summed E-state index contributed by atoms with van der Waals surface area (Å²) in [4.78, 5) is 22.7. The third-order valence-electron chi connectivity index (χ3n) is 3.33. The van der Waals surface area contributed by atoms with Crippen LogP contribution in [0, 0.1) is 5.82 Å². The van der Waals surface area contributed by atoms with Gasteiger partial charge in [-0.05, 0) is 18.9 Å². The van der Waals surface area contributed by atoms with Crippen molar-refractivity contribution < 1.29 is 18.7 Å². The summed E-state index contributed by atoms with van der Waals surface area (Å²) < 4.78 is 18.2. The van der Waals surface area contributed by atoms with Gasteiger partial charge in [-0.15, -0.1) is 0 Å². The lowest BCUT2D eigenvalue weighted by Crippen LogP contribution is -2.43. The third kappa shape index (κ3) is 3.26. The molecule has 1 aliphatic carbocycles. The SMILES string of the molecule is COC(=O)CCNC(=O)NC1(c2ccccc2F)CC1. The molecule has 1 fully saturated rings. The van der Waals surface area contributed by atoms with Gasteiger partial charge in [0.1, 0.15) is 5.82 Å².